The zero-order valence-electron chi connectivity index (χ0n) is 11.1. The number of rotatable bonds is 5. The van der Waals surface area contributed by atoms with Gasteiger partial charge in [0.15, 0.2) is 5.82 Å². The fourth-order valence-electron chi connectivity index (χ4n) is 2.61. The van der Waals surface area contributed by atoms with Crippen molar-refractivity contribution in [3.8, 4) is 0 Å². The van der Waals surface area contributed by atoms with Crippen LogP contribution in [-0.4, -0.2) is 25.3 Å². The molecule has 20 heavy (non-hydrogen) atoms. The first-order valence-corrected chi connectivity index (χ1v) is 9.31. The molecule has 0 spiro atoms. The first-order valence-electron chi connectivity index (χ1n) is 6.70. The Morgan fingerprint density at radius 1 is 1.35 bits per heavy atom. The Hall–Kier alpha value is -0.530. The predicted octanol–water partition coefficient (Wildman–Crippen LogP) is 2.70. The third-order valence-electron chi connectivity index (χ3n) is 3.78. The van der Waals surface area contributed by atoms with Crippen molar-refractivity contribution in [3.05, 3.63) is 24.1 Å². The summed E-state index contributed by atoms with van der Waals surface area (Å²) in [5.74, 6) is -0.0506. The third-order valence-corrected chi connectivity index (χ3v) is 5.97. The van der Waals surface area contributed by atoms with Crippen LogP contribution < -0.4 is 4.72 Å². The van der Waals surface area contributed by atoms with Gasteiger partial charge in [0.2, 0.25) is 5.03 Å². The fourth-order valence-corrected chi connectivity index (χ4v) is 4.56. The molecule has 112 valence electrons. The monoisotopic (exact) mass is 364 g/mol. The molecule has 1 heterocycles. The van der Waals surface area contributed by atoms with E-state index in [1.165, 1.54) is 18.7 Å². The topological polar surface area (TPSA) is 59.1 Å². The van der Waals surface area contributed by atoms with Gasteiger partial charge in [0, 0.05) is 18.1 Å². The first kappa shape index (κ1) is 15.9. The number of pyridine rings is 1. The molecule has 0 amide bonds. The minimum atomic E-state index is -3.87. The predicted molar refractivity (Wildman–Crippen MR) is 78.6 cm³/mol. The van der Waals surface area contributed by atoms with Gasteiger partial charge in [-0.05, 0) is 36.8 Å². The van der Waals surface area contributed by atoms with Crippen LogP contribution in [0.3, 0.4) is 0 Å². The van der Waals surface area contributed by atoms with Crippen LogP contribution >= 0.6 is 15.9 Å². The second-order valence-corrected chi connectivity index (χ2v) is 7.43. The van der Waals surface area contributed by atoms with Crippen LogP contribution in [0.5, 0.6) is 0 Å². The summed E-state index contributed by atoms with van der Waals surface area (Å²) in [6, 6.07) is 2.47. The first-order chi connectivity index (χ1) is 9.54. The zero-order valence-corrected chi connectivity index (χ0v) is 13.5. The number of alkyl halides is 1. The van der Waals surface area contributed by atoms with Crippen LogP contribution in [0.2, 0.25) is 0 Å². The molecule has 2 atom stereocenters. The molecule has 0 bridgehead atoms. The van der Waals surface area contributed by atoms with E-state index in [0.717, 1.165) is 30.7 Å². The summed E-state index contributed by atoms with van der Waals surface area (Å²) < 4.78 is 40.1. The highest BCUT2D eigenvalue weighted by molar-refractivity contribution is 9.09. The number of hydrogen-bond acceptors (Lipinski definition) is 3. The van der Waals surface area contributed by atoms with Gasteiger partial charge >= 0.3 is 0 Å². The molecule has 1 saturated carbocycles. The van der Waals surface area contributed by atoms with Crippen molar-refractivity contribution < 1.29 is 12.8 Å². The Labute approximate surface area is 127 Å². The summed E-state index contributed by atoms with van der Waals surface area (Å²) in [5.41, 5.74) is 0. The van der Waals surface area contributed by atoms with Crippen molar-refractivity contribution in [3.63, 3.8) is 0 Å². The smallest absolute Gasteiger partial charge is 0.241 e. The fraction of sp³-hybridized carbons (Fsp3) is 0.615. The van der Waals surface area contributed by atoms with E-state index < -0.39 is 20.9 Å². The summed E-state index contributed by atoms with van der Waals surface area (Å²) in [4.78, 5) is 3.62. The molecule has 2 unspecified atom stereocenters. The van der Waals surface area contributed by atoms with E-state index in [0.29, 0.717) is 18.4 Å². The van der Waals surface area contributed by atoms with Gasteiger partial charge in [0.05, 0.1) is 0 Å². The zero-order chi connectivity index (χ0) is 14.6. The van der Waals surface area contributed by atoms with E-state index >= 15 is 0 Å². The van der Waals surface area contributed by atoms with E-state index in [2.05, 4.69) is 25.6 Å². The molecule has 1 N–H and O–H groups in total. The van der Waals surface area contributed by atoms with Gasteiger partial charge in [-0.15, -0.1) is 0 Å². The van der Waals surface area contributed by atoms with Crippen molar-refractivity contribution >= 4 is 26.0 Å². The molecule has 1 aromatic rings. The van der Waals surface area contributed by atoms with Gasteiger partial charge < -0.3 is 0 Å². The number of nitrogens with zero attached hydrogens (tertiary/aromatic N) is 1. The second kappa shape index (κ2) is 6.95. The highest BCUT2D eigenvalue weighted by Gasteiger charge is 2.27. The summed E-state index contributed by atoms with van der Waals surface area (Å²) in [6.07, 6.45) is 5.70. The second-order valence-electron chi connectivity index (χ2n) is 5.10. The molecule has 0 radical (unpaired) electrons. The lowest BCUT2D eigenvalue weighted by Crippen LogP contribution is -2.35. The van der Waals surface area contributed by atoms with Crippen molar-refractivity contribution in [2.75, 3.05) is 11.9 Å². The van der Waals surface area contributed by atoms with Crippen molar-refractivity contribution in [1.29, 1.82) is 0 Å². The highest BCUT2D eigenvalue weighted by Crippen LogP contribution is 2.31. The number of halogens is 2. The van der Waals surface area contributed by atoms with Gasteiger partial charge in [-0.1, -0.05) is 28.8 Å². The molecular formula is C13H18BrFN2O2S. The maximum absolute atomic E-state index is 13.5. The summed E-state index contributed by atoms with van der Waals surface area (Å²) >= 11 is 3.48. The van der Waals surface area contributed by atoms with Crippen LogP contribution in [0.1, 0.15) is 25.7 Å². The maximum atomic E-state index is 13.5. The quantitative estimate of drug-likeness (QED) is 0.817. The number of nitrogens with one attached hydrogen (secondary N) is 1. The van der Waals surface area contributed by atoms with Crippen LogP contribution in [0.4, 0.5) is 4.39 Å². The highest BCUT2D eigenvalue weighted by atomic mass is 79.9. The van der Waals surface area contributed by atoms with Gasteiger partial charge in [0.25, 0.3) is 10.0 Å². The standard InChI is InChI=1S/C13H18BrFN2O2S/c14-8-10-4-1-2-5-11(10)9-17-20(18,19)13-12(15)6-3-7-16-13/h3,6-7,10-11,17H,1-2,4-5,8-9H2. The molecule has 0 aliphatic heterocycles. The number of sulfonamides is 1. The Balaban J connectivity index is 2.04. The summed E-state index contributed by atoms with van der Waals surface area (Å²) in [7, 11) is -3.87. The molecule has 1 aliphatic rings. The van der Waals surface area contributed by atoms with E-state index in [1.54, 1.807) is 0 Å². The largest absolute Gasteiger partial charge is 0.261 e. The van der Waals surface area contributed by atoms with E-state index in [4.69, 9.17) is 0 Å². The molecule has 1 fully saturated rings. The summed E-state index contributed by atoms with van der Waals surface area (Å²) in [5, 5.41) is 0.350. The van der Waals surface area contributed by atoms with E-state index in [-0.39, 0.29) is 0 Å². The Kier molecular flexibility index (Phi) is 5.51. The Morgan fingerprint density at radius 2 is 2.05 bits per heavy atom. The average Bonchev–Trinajstić information content (AvgIpc) is 2.46. The van der Waals surface area contributed by atoms with Gasteiger partial charge in [-0.25, -0.2) is 22.5 Å². The Morgan fingerprint density at radius 3 is 2.70 bits per heavy atom. The minimum Gasteiger partial charge on any atom is -0.241 e. The third kappa shape index (κ3) is 3.77. The van der Waals surface area contributed by atoms with Crippen molar-refractivity contribution in [1.82, 2.24) is 9.71 Å². The van der Waals surface area contributed by atoms with E-state index in [1.807, 2.05) is 0 Å². The average molecular weight is 365 g/mol. The lowest BCUT2D eigenvalue weighted by molar-refractivity contribution is 0.263. The lowest BCUT2D eigenvalue weighted by atomic mass is 9.80. The Bertz CT molecular complexity index is 553. The molecule has 0 saturated heterocycles. The SMILES string of the molecule is O=S(=O)(NCC1CCCCC1CBr)c1ncccc1F. The van der Waals surface area contributed by atoms with Crippen molar-refractivity contribution in [2.24, 2.45) is 11.8 Å². The van der Waals surface area contributed by atoms with Crippen LogP contribution in [0.15, 0.2) is 23.4 Å². The normalized spacial score (nSPS) is 23.7. The van der Waals surface area contributed by atoms with E-state index in [9.17, 15) is 12.8 Å². The van der Waals surface area contributed by atoms with Crippen molar-refractivity contribution in [2.45, 2.75) is 30.7 Å². The molecule has 2 rings (SSSR count). The molecule has 0 aromatic carbocycles. The van der Waals surface area contributed by atoms with Gasteiger partial charge in [-0.2, -0.15) is 0 Å². The molecule has 4 nitrogen and oxygen atoms in total. The molecular weight excluding hydrogens is 347 g/mol. The maximum Gasteiger partial charge on any atom is 0.261 e. The minimum absolute atomic E-state index is 0.296. The molecule has 7 heteroatoms. The van der Waals surface area contributed by atoms with Gasteiger partial charge in [0.1, 0.15) is 0 Å². The summed E-state index contributed by atoms with van der Waals surface area (Å²) in [6.45, 7) is 0.342. The molecule has 1 aromatic heterocycles. The number of hydrogen-bond donors (Lipinski definition) is 1. The van der Waals surface area contributed by atoms with Crippen LogP contribution in [-0.2, 0) is 10.0 Å². The van der Waals surface area contributed by atoms with Crippen LogP contribution in [0.25, 0.3) is 0 Å². The van der Waals surface area contributed by atoms with Crippen LogP contribution in [0, 0.1) is 17.7 Å². The number of aromatic nitrogens is 1. The molecule has 1 aliphatic carbocycles. The lowest BCUT2D eigenvalue weighted by Gasteiger charge is -2.30. The van der Waals surface area contributed by atoms with Gasteiger partial charge in [-0.3, -0.25) is 0 Å².